The fourth-order valence-corrected chi connectivity index (χ4v) is 4.39. The number of benzene rings is 1. The summed E-state index contributed by atoms with van der Waals surface area (Å²) in [6.45, 7) is 0. The van der Waals surface area contributed by atoms with Crippen LogP contribution in [0.25, 0.3) is 10.6 Å². The third-order valence-corrected chi connectivity index (χ3v) is 5.86. The lowest BCUT2D eigenvalue weighted by molar-refractivity contribution is -0.120. The van der Waals surface area contributed by atoms with Crippen LogP contribution in [0, 0.1) is 11.7 Å². The number of amides is 1. The molecule has 0 bridgehead atoms. The molecule has 1 aliphatic rings. The number of carbonyl (C=O) groups is 1. The number of aromatic nitrogens is 2. The van der Waals surface area contributed by atoms with Gasteiger partial charge >= 0.3 is 0 Å². The number of rotatable bonds is 3. The number of nitrogens with zero attached hydrogens (tertiary/aromatic N) is 2. The van der Waals surface area contributed by atoms with Crippen LogP contribution >= 0.6 is 22.9 Å². The minimum atomic E-state index is -0.500. The average Bonchev–Trinajstić information content (AvgIpc) is 3.09. The van der Waals surface area contributed by atoms with Crippen molar-refractivity contribution in [3.05, 3.63) is 64.1 Å². The van der Waals surface area contributed by atoms with Gasteiger partial charge in [0.15, 0.2) is 0 Å². The number of thiazole rings is 1. The second-order valence-corrected chi connectivity index (χ2v) is 7.68. The summed E-state index contributed by atoms with van der Waals surface area (Å²) in [7, 11) is 0. The molecule has 3 aromatic rings. The maximum Gasteiger partial charge on any atom is 0.227 e. The third kappa shape index (κ3) is 3.48. The van der Waals surface area contributed by atoms with E-state index in [2.05, 4.69) is 10.3 Å². The molecule has 1 N–H and O–H groups in total. The molecule has 1 atom stereocenters. The summed E-state index contributed by atoms with van der Waals surface area (Å²) in [6, 6.07) is 8.07. The molecule has 0 saturated carbocycles. The second-order valence-electron chi connectivity index (χ2n) is 6.19. The van der Waals surface area contributed by atoms with Crippen LogP contribution in [0.4, 0.5) is 10.1 Å². The summed E-state index contributed by atoms with van der Waals surface area (Å²) in [5.41, 5.74) is 2.57. The Morgan fingerprint density at radius 1 is 1.35 bits per heavy atom. The van der Waals surface area contributed by atoms with E-state index in [1.807, 2.05) is 12.1 Å². The second kappa shape index (κ2) is 7.13. The lowest BCUT2D eigenvalue weighted by Gasteiger charge is -2.20. The molecular weight excluding hydrogens is 373 g/mol. The van der Waals surface area contributed by atoms with Gasteiger partial charge in [-0.25, -0.2) is 9.37 Å². The Balaban J connectivity index is 1.48. The molecular formula is C19H15ClFN3OS. The van der Waals surface area contributed by atoms with Crippen LogP contribution in [0.5, 0.6) is 0 Å². The topological polar surface area (TPSA) is 54.9 Å². The molecule has 4 nitrogen and oxygen atoms in total. The zero-order chi connectivity index (χ0) is 18.1. The molecule has 7 heteroatoms. The fourth-order valence-electron chi connectivity index (χ4n) is 3.03. The van der Waals surface area contributed by atoms with Crippen LogP contribution in [0.15, 0.2) is 42.7 Å². The number of fused-ring (bicyclic) bond motifs is 1. The first-order valence-corrected chi connectivity index (χ1v) is 9.44. The van der Waals surface area contributed by atoms with Crippen LogP contribution in [-0.2, 0) is 17.6 Å². The van der Waals surface area contributed by atoms with Gasteiger partial charge in [0.1, 0.15) is 10.8 Å². The minimum absolute atomic E-state index is 0.00250. The number of halogens is 2. The number of aryl methyl sites for hydroxylation is 1. The van der Waals surface area contributed by atoms with Gasteiger partial charge in [-0.15, -0.1) is 11.3 Å². The van der Waals surface area contributed by atoms with E-state index in [1.54, 1.807) is 23.7 Å². The summed E-state index contributed by atoms with van der Waals surface area (Å²) in [4.78, 5) is 22.6. The Labute approximate surface area is 159 Å². The van der Waals surface area contributed by atoms with Crippen molar-refractivity contribution in [1.82, 2.24) is 9.97 Å². The molecule has 0 radical (unpaired) electrons. The quantitative estimate of drug-likeness (QED) is 0.706. The SMILES string of the molecule is O=C(Nc1ccc(F)c(Cl)c1)C1CCc2nc(-c3cccnc3)sc2C1. The molecule has 0 fully saturated rings. The van der Waals surface area contributed by atoms with Crippen molar-refractivity contribution in [3.8, 4) is 10.6 Å². The Kier molecular flexibility index (Phi) is 4.70. The van der Waals surface area contributed by atoms with Gasteiger partial charge in [0.2, 0.25) is 5.91 Å². The van der Waals surface area contributed by atoms with Crippen molar-refractivity contribution in [2.45, 2.75) is 19.3 Å². The Morgan fingerprint density at radius 3 is 3.00 bits per heavy atom. The highest BCUT2D eigenvalue weighted by Gasteiger charge is 2.28. The van der Waals surface area contributed by atoms with Crippen molar-refractivity contribution in [2.75, 3.05) is 5.32 Å². The smallest absolute Gasteiger partial charge is 0.227 e. The highest BCUT2D eigenvalue weighted by atomic mass is 35.5. The Morgan fingerprint density at radius 2 is 2.23 bits per heavy atom. The molecule has 132 valence electrons. The summed E-state index contributed by atoms with van der Waals surface area (Å²) in [5.74, 6) is -0.706. The van der Waals surface area contributed by atoms with Gasteiger partial charge < -0.3 is 5.32 Å². The number of carbonyl (C=O) groups excluding carboxylic acids is 1. The van der Waals surface area contributed by atoms with E-state index in [9.17, 15) is 9.18 Å². The zero-order valence-corrected chi connectivity index (χ0v) is 15.3. The van der Waals surface area contributed by atoms with Crippen LogP contribution in [0.2, 0.25) is 5.02 Å². The highest BCUT2D eigenvalue weighted by Crippen LogP contribution is 2.34. The van der Waals surface area contributed by atoms with E-state index in [0.717, 1.165) is 34.0 Å². The molecule has 2 heterocycles. The molecule has 0 saturated heterocycles. The Bertz CT molecular complexity index is 961. The lowest BCUT2D eigenvalue weighted by Crippen LogP contribution is -2.27. The van der Waals surface area contributed by atoms with Gasteiger partial charge in [-0.2, -0.15) is 0 Å². The molecule has 0 spiro atoms. The summed E-state index contributed by atoms with van der Waals surface area (Å²) >= 11 is 7.39. The summed E-state index contributed by atoms with van der Waals surface area (Å²) in [6.07, 6.45) is 5.71. The monoisotopic (exact) mass is 387 g/mol. The molecule has 2 aromatic heterocycles. The van der Waals surface area contributed by atoms with Crippen LogP contribution in [-0.4, -0.2) is 15.9 Å². The first kappa shape index (κ1) is 17.1. The number of hydrogen-bond donors (Lipinski definition) is 1. The molecule has 1 amide bonds. The third-order valence-electron chi connectivity index (χ3n) is 4.41. The molecule has 1 unspecified atom stereocenters. The average molecular weight is 388 g/mol. The molecule has 0 aliphatic heterocycles. The van der Waals surface area contributed by atoms with Crippen molar-refractivity contribution in [3.63, 3.8) is 0 Å². The van der Waals surface area contributed by atoms with Crippen molar-refractivity contribution < 1.29 is 9.18 Å². The van der Waals surface area contributed by atoms with E-state index >= 15 is 0 Å². The van der Waals surface area contributed by atoms with Crippen LogP contribution in [0.3, 0.4) is 0 Å². The van der Waals surface area contributed by atoms with Gasteiger partial charge in [0, 0.05) is 34.4 Å². The normalized spacial score (nSPS) is 16.2. The van der Waals surface area contributed by atoms with E-state index < -0.39 is 5.82 Å². The predicted molar refractivity (Wildman–Crippen MR) is 101 cm³/mol. The predicted octanol–water partition coefficient (Wildman–Crippen LogP) is 4.74. The van der Waals surface area contributed by atoms with Gasteiger partial charge in [-0.1, -0.05) is 11.6 Å². The maximum absolute atomic E-state index is 13.2. The van der Waals surface area contributed by atoms with Gasteiger partial charge in [-0.3, -0.25) is 9.78 Å². The van der Waals surface area contributed by atoms with Crippen molar-refractivity contribution >= 4 is 34.5 Å². The maximum atomic E-state index is 13.2. The Hall–Kier alpha value is -2.31. The van der Waals surface area contributed by atoms with Crippen LogP contribution in [0.1, 0.15) is 17.0 Å². The van der Waals surface area contributed by atoms with Crippen molar-refractivity contribution in [1.29, 1.82) is 0 Å². The van der Waals surface area contributed by atoms with E-state index in [1.165, 1.54) is 18.2 Å². The number of pyridine rings is 1. The molecule has 1 aliphatic carbocycles. The van der Waals surface area contributed by atoms with Crippen molar-refractivity contribution in [2.24, 2.45) is 5.92 Å². The number of nitrogens with one attached hydrogen (secondary N) is 1. The van der Waals surface area contributed by atoms with Gasteiger partial charge in [0.25, 0.3) is 0 Å². The van der Waals surface area contributed by atoms with E-state index in [0.29, 0.717) is 12.1 Å². The summed E-state index contributed by atoms with van der Waals surface area (Å²) < 4.78 is 13.2. The van der Waals surface area contributed by atoms with Gasteiger partial charge in [0.05, 0.1) is 10.7 Å². The van der Waals surface area contributed by atoms with E-state index in [4.69, 9.17) is 16.6 Å². The highest BCUT2D eigenvalue weighted by molar-refractivity contribution is 7.15. The summed E-state index contributed by atoms with van der Waals surface area (Å²) in [5, 5.41) is 3.77. The number of anilines is 1. The first-order valence-electron chi connectivity index (χ1n) is 8.25. The molecule has 26 heavy (non-hydrogen) atoms. The number of hydrogen-bond acceptors (Lipinski definition) is 4. The standard InChI is InChI=1S/C19H15ClFN3OS/c20-14-9-13(4-5-15(14)21)23-18(25)11-3-6-16-17(8-11)26-19(24-16)12-2-1-7-22-10-12/h1-2,4-5,7,9-11H,3,6,8H2,(H,23,25). The largest absolute Gasteiger partial charge is 0.326 e. The molecule has 1 aromatic carbocycles. The van der Waals surface area contributed by atoms with Crippen LogP contribution < -0.4 is 5.32 Å². The lowest BCUT2D eigenvalue weighted by atomic mass is 9.90. The van der Waals surface area contributed by atoms with Gasteiger partial charge in [-0.05, 0) is 49.6 Å². The first-order chi connectivity index (χ1) is 12.6. The minimum Gasteiger partial charge on any atom is -0.326 e. The zero-order valence-electron chi connectivity index (χ0n) is 13.7. The fraction of sp³-hybridized carbons (Fsp3) is 0.211. The molecule has 4 rings (SSSR count). The van der Waals surface area contributed by atoms with E-state index in [-0.39, 0.29) is 16.8 Å².